The van der Waals surface area contributed by atoms with Gasteiger partial charge in [-0.15, -0.1) is 0 Å². The zero-order valence-corrected chi connectivity index (χ0v) is 8.23. The number of aliphatic hydroxyl groups is 1. The molecule has 0 fully saturated rings. The molecule has 1 atom stereocenters. The minimum Gasteiger partial charge on any atom is -0.396 e. The number of carbonyl (C=O) groups excluding carboxylic acids is 1. The summed E-state index contributed by atoms with van der Waals surface area (Å²) in [6.45, 7) is 2.56. The molecule has 0 bridgehead atoms. The Kier molecular flexibility index (Phi) is 6.56. The summed E-state index contributed by atoms with van der Waals surface area (Å²) in [4.78, 5) is 10.8. The van der Waals surface area contributed by atoms with Crippen molar-refractivity contribution in [3.8, 4) is 0 Å². The Morgan fingerprint density at radius 2 is 2.36 bits per heavy atom. The van der Waals surface area contributed by atoms with Crippen LogP contribution in [-0.2, 0) is 4.79 Å². The van der Waals surface area contributed by atoms with Crippen LogP contribution in [-0.4, -0.2) is 29.5 Å². The summed E-state index contributed by atoms with van der Waals surface area (Å²) < 4.78 is 0. The molecule has 66 valence electrons. The first-order chi connectivity index (χ1) is 5.20. The normalized spacial score (nSPS) is 12.6. The molecule has 3 nitrogen and oxygen atoms in total. The first-order valence-corrected chi connectivity index (χ1v) is 4.76. The lowest BCUT2D eigenvalue weighted by molar-refractivity contribution is -0.120. The Balaban J connectivity index is 3.30. The number of aliphatic hydroxyl groups excluding tert-OH is 1. The summed E-state index contributed by atoms with van der Waals surface area (Å²) in [7, 11) is 0. The summed E-state index contributed by atoms with van der Waals surface area (Å²) in [5, 5.41) is 12.0. The maximum Gasteiger partial charge on any atom is 0.220 e. The van der Waals surface area contributed by atoms with E-state index in [0.29, 0.717) is 18.3 Å². The molecule has 0 radical (unpaired) electrons. The molecule has 0 spiro atoms. The summed E-state index contributed by atoms with van der Waals surface area (Å²) >= 11 is 3.16. The van der Waals surface area contributed by atoms with Crippen LogP contribution in [0.4, 0.5) is 0 Å². The number of halogens is 1. The second-order valence-corrected chi connectivity index (χ2v) is 3.32. The van der Waals surface area contributed by atoms with Gasteiger partial charge in [0.2, 0.25) is 5.91 Å². The van der Waals surface area contributed by atoms with E-state index in [-0.39, 0.29) is 18.4 Å². The third kappa shape index (κ3) is 6.31. The minimum atomic E-state index is 0.0298. The fraction of sp³-hybridized carbons (Fsp3) is 0.857. The number of rotatable bonds is 5. The average Bonchev–Trinajstić information content (AvgIpc) is 2.01. The molecule has 0 aromatic carbocycles. The van der Waals surface area contributed by atoms with E-state index in [1.165, 1.54) is 0 Å². The van der Waals surface area contributed by atoms with E-state index in [2.05, 4.69) is 21.2 Å². The molecule has 11 heavy (non-hydrogen) atoms. The molecule has 0 rings (SSSR count). The van der Waals surface area contributed by atoms with E-state index < -0.39 is 0 Å². The number of hydrogen-bond donors (Lipinski definition) is 2. The van der Waals surface area contributed by atoms with Crippen LogP contribution in [0.25, 0.3) is 0 Å². The number of nitrogens with one attached hydrogen (secondary N) is 1. The lowest BCUT2D eigenvalue weighted by Crippen LogP contribution is -2.29. The van der Waals surface area contributed by atoms with Gasteiger partial charge in [0.05, 0.1) is 0 Å². The highest BCUT2D eigenvalue weighted by Crippen LogP contribution is 1.91. The standard InChI is InChI=1S/C7H14BrNO2/c1-6(5-10)4-9-7(11)2-3-8/h6,10H,2-5H2,1H3,(H,9,11). The Morgan fingerprint density at radius 1 is 1.73 bits per heavy atom. The molecule has 1 amide bonds. The van der Waals surface area contributed by atoms with Crippen molar-refractivity contribution in [1.82, 2.24) is 5.32 Å². The molecular weight excluding hydrogens is 210 g/mol. The smallest absolute Gasteiger partial charge is 0.220 e. The SMILES string of the molecule is CC(CO)CNC(=O)CCBr. The third-order valence-electron chi connectivity index (χ3n) is 1.28. The molecule has 1 unspecified atom stereocenters. The van der Waals surface area contributed by atoms with Gasteiger partial charge in [0, 0.05) is 24.9 Å². The van der Waals surface area contributed by atoms with Crippen LogP contribution in [0.15, 0.2) is 0 Å². The van der Waals surface area contributed by atoms with Gasteiger partial charge in [-0.2, -0.15) is 0 Å². The largest absolute Gasteiger partial charge is 0.396 e. The van der Waals surface area contributed by atoms with E-state index in [9.17, 15) is 4.79 Å². The van der Waals surface area contributed by atoms with E-state index >= 15 is 0 Å². The van der Waals surface area contributed by atoms with Gasteiger partial charge in [-0.05, 0) is 5.92 Å². The van der Waals surface area contributed by atoms with Crippen molar-refractivity contribution in [1.29, 1.82) is 0 Å². The predicted molar refractivity (Wildman–Crippen MR) is 47.7 cm³/mol. The molecule has 2 N–H and O–H groups in total. The molecular formula is C7H14BrNO2. The summed E-state index contributed by atoms with van der Waals surface area (Å²) in [6, 6.07) is 0. The molecule has 0 aromatic rings. The van der Waals surface area contributed by atoms with E-state index in [1.807, 2.05) is 6.92 Å². The van der Waals surface area contributed by atoms with Gasteiger partial charge in [-0.3, -0.25) is 4.79 Å². The zero-order chi connectivity index (χ0) is 8.69. The first-order valence-electron chi connectivity index (χ1n) is 3.64. The lowest BCUT2D eigenvalue weighted by atomic mass is 10.2. The summed E-state index contributed by atoms with van der Waals surface area (Å²) in [5.41, 5.74) is 0. The number of alkyl halides is 1. The monoisotopic (exact) mass is 223 g/mol. The maximum absolute atomic E-state index is 10.8. The van der Waals surface area contributed by atoms with Gasteiger partial charge in [-0.1, -0.05) is 22.9 Å². The van der Waals surface area contributed by atoms with Crippen molar-refractivity contribution >= 4 is 21.8 Å². The quantitative estimate of drug-likeness (QED) is 0.668. The maximum atomic E-state index is 10.8. The molecule has 0 saturated carbocycles. The van der Waals surface area contributed by atoms with Crippen LogP contribution in [0.2, 0.25) is 0 Å². The van der Waals surface area contributed by atoms with Crippen molar-refractivity contribution in [2.75, 3.05) is 18.5 Å². The Labute approximate surface area is 75.3 Å². The Bertz CT molecular complexity index is 119. The van der Waals surface area contributed by atoms with Crippen LogP contribution >= 0.6 is 15.9 Å². The van der Waals surface area contributed by atoms with Crippen LogP contribution in [0, 0.1) is 5.92 Å². The first kappa shape index (κ1) is 10.9. The van der Waals surface area contributed by atoms with Gasteiger partial charge >= 0.3 is 0 Å². The van der Waals surface area contributed by atoms with Crippen molar-refractivity contribution < 1.29 is 9.90 Å². The van der Waals surface area contributed by atoms with Gasteiger partial charge in [0.25, 0.3) is 0 Å². The third-order valence-corrected chi connectivity index (χ3v) is 1.68. The second-order valence-electron chi connectivity index (χ2n) is 2.53. The molecule has 0 saturated heterocycles. The number of amides is 1. The second kappa shape index (κ2) is 6.61. The molecule has 0 aliphatic heterocycles. The fourth-order valence-electron chi connectivity index (χ4n) is 0.527. The van der Waals surface area contributed by atoms with Crippen molar-refractivity contribution in [2.24, 2.45) is 5.92 Å². The van der Waals surface area contributed by atoms with Gasteiger partial charge in [0.15, 0.2) is 0 Å². The molecule has 0 aliphatic carbocycles. The molecule has 4 heteroatoms. The highest BCUT2D eigenvalue weighted by atomic mass is 79.9. The molecule has 0 aromatic heterocycles. The number of hydrogen-bond acceptors (Lipinski definition) is 2. The van der Waals surface area contributed by atoms with E-state index in [1.54, 1.807) is 0 Å². The molecule has 0 heterocycles. The van der Waals surface area contributed by atoms with Crippen LogP contribution < -0.4 is 5.32 Å². The summed E-state index contributed by atoms with van der Waals surface area (Å²) in [5.74, 6) is 0.177. The zero-order valence-electron chi connectivity index (χ0n) is 6.64. The van der Waals surface area contributed by atoms with Crippen LogP contribution in [0.3, 0.4) is 0 Å². The van der Waals surface area contributed by atoms with E-state index in [4.69, 9.17) is 5.11 Å². The van der Waals surface area contributed by atoms with Crippen LogP contribution in [0.5, 0.6) is 0 Å². The predicted octanol–water partition coefficient (Wildman–Crippen LogP) is 0.516. The number of carbonyl (C=O) groups is 1. The topological polar surface area (TPSA) is 49.3 Å². The van der Waals surface area contributed by atoms with Crippen molar-refractivity contribution in [3.63, 3.8) is 0 Å². The lowest BCUT2D eigenvalue weighted by Gasteiger charge is -2.08. The highest BCUT2D eigenvalue weighted by molar-refractivity contribution is 9.09. The molecule has 0 aliphatic rings. The fourth-order valence-corrected chi connectivity index (χ4v) is 0.887. The van der Waals surface area contributed by atoms with E-state index in [0.717, 1.165) is 0 Å². The van der Waals surface area contributed by atoms with Crippen LogP contribution in [0.1, 0.15) is 13.3 Å². The van der Waals surface area contributed by atoms with Crippen molar-refractivity contribution in [2.45, 2.75) is 13.3 Å². The minimum absolute atomic E-state index is 0.0298. The van der Waals surface area contributed by atoms with Crippen molar-refractivity contribution in [3.05, 3.63) is 0 Å². The Hall–Kier alpha value is -0.0900. The van der Waals surface area contributed by atoms with Gasteiger partial charge < -0.3 is 10.4 Å². The van der Waals surface area contributed by atoms with Gasteiger partial charge in [0.1, 0.15) is 0 Å². The average molecular weight is 224 g/mol. The Morgan fingerprint density at radius 3 is 2.82 bits per heavy atom. The highest BCUT2D eigenvalue weighted by Gasteiger charge is 2.02. The van der Waals surface area contributed by atoms with Gasteiger partial charge in [-0.25, -0.2) is 0 Å². The summed E-state index contributed by atoms with van der Waals surface area (Å²) in [6.07, 6.45) is 0.498.